The largest absolute Gasteiger partial charge is 0.437 e. The summed E-state index contributed by atoms with van der Waals surface area (Å²) >= 11 is 5.66. The van der Waals surface area contributed by atoms with Crippen LogP contribution in [0.3, 0.4) is 0 Å². The van der Waals surface area contributed by atoms with E-state index in [1.54, 1.807) is 23.3 Å². The first-order valence-electron chi connectivity index (χ1n) is 15.7. The first-order chi connectivity index (χ1) is 23.2. The summed E-state index contributed by atoms with van der Waals surface area (Å²) in [7, 11) is 0. The van der Waals surface area contributed by atoms with Gasteiger partial charge in [-0.15, -0.1) is 0 Å². The van der Waals surface area contributed by atoms with Gasteiger partial charge in [-0.05, 0) is 34.5 Å². The van der Waals surface area contributed by atoms with Gasteiger partial charge in [0, 0.05) is 12.4 Å². The molecule has 1 unspecified atom stereocenters. The average molecular weight is 651 g/mol. The maximum absolute atomic E-state index is 6.74. The highest BCUT2D eigenvalue weighted by Gasteiger charge is 2.50. The predicted molar refractivity (Wildman–Crippen MR) is 181 cm³/mol. The van der Waals surface area contributed by atoms with Crippen molar-refractivity contribution in [1.82, 2.24) is 9.55 Å². The van der Waals surface area contributed by atoms with E-state index in [2.05, 4.69) is 4.98 Å². The van der Waals surface area contributed by atoms with E-state index in [1.165, 1.54) is 0 Å². The van der Waals surface area contributed by atoms with Crippen molar-refractivity contribution >= 4 is 17.4 Å². The van der Waals surface area contributed by atoms with Crippen molar-refractivity contribution in [2.75, 3.05) is 6.61 Å². The Kier molecular flexibility index (Phi) is 11.9. The van der Waals surface area contributed by atoms with Crippen LogP contribution in [0, 0.1) is 0 Å². The molecule has 4 aromatic carbocycles. The van der Waals surface area contributed by atoms with E-state index in [9.17, 15) is 0 Å². The lowest BCUT2D eigenvalue weighted by molar-refractivity contribution is -0.313. The predicted octanol–water partition coefficient (Wildman–Crippen LogP) is 6.73. The highest BCUT2D eigenvalue weighted by Crippen LogP contribution is 2.32. The lowest BCUT2D eigenvalue weighted by Crippen LogP contribution is -2.62. The van der Waals surface area contributed by atoms with E-state index in [0.29, 0.717) is 26.4 Å². The first kappa shape index (κ1) is 32.7. The zero-order chi connectivity index (χ0) is 32.1. The molecule has 1 aromatic heterocycles. The Balaban J connectivity index is 1.31. The number of hydrogen-bond donors (Lipinski definition) is 0. The summed E-state index contributed by atoms with van der Waals surface area (Å²) in [4.78, 5) is 4.12. The molecule has 1 fully saturated rings. The minimum Gasteiger partial charge on any atom is -0.437 e. The Bertz CT molecular complexity index is 1610. The van der Waals surface area contributed by atoms with Crippen LogP contribution in [0.4, 0.5) is 0 Å². The fourth-order valence-electron chi connectivity index (χ4n) is 5.37. The number of ether oxygens (including phenoxy) is 6. The van der Waals surface area contributed by atoms with E-state index < -0.39 is 30.7 Å². The molecule has 1 aliphatic heterocycles. The van der Waals surface area contributed by atoms with Crippen LogP contribution in [-0.2, 0) is 54.8 Å². The summed E-state index contributed by atoms with van der Waals surface area (Å²) in [6, 6.07) is 40.0. The second-order valence-electron chi connectivity index (χ2n) is 11.2. The summed E-state index contributed by atoms with van der Waals surface area (Å²) in [5.41, 5.74) is 4.10. The van der Waals surface area contributed by atoms with Crippen molar-refractivity contribution < 1.29 is 28.4 Å². The Morgan fingerprint density at radius 3 is 1.57 bits per heavy atom. The van der Waals surface area contributed by atoms with Crippen molar-refractivity contribution in [3.05, 3.63) is 162 Å². The minimum absolute atomic E-state index is 0.176. The smallest absolute Gasteiger partial charge is 0.271 e. The molecule has 47 heavy (non-hydrogen) atoms. The molecule has 5 aromatic rings. The molecular formula is C38H38N2O6S. The summed E-state index contributed by atoms with van der Waals surface area (Å²) in [5.74, 6) is 0. The van der Waals surface area contributed by atoms with Crippen molar-refractivity contribution in [2.45, 2.75) is 57.1 Å². The van der Waals surface area contributed by atoms with Gasteiger partial charge in [-0.3, -0.25) is 4.57 Å². The monoisotopic (exact) mass is 650 g/mol. The van der Waals surface area contributed by atoms with Gasteiger partial charge in [0.1, 0.15) is 30.7 Å². The molecule has 9 heteroatoms. The van der Waals surface area contributed by atoms with Crippen LogP contribution >= 0.6 is 12.2 Å². The molecule has 0 amide bonds. The summed E-state index contributed by atoms with van der Waals surface area (Å²) in [5, 5.41) is 0.176. The molecule has 0 bridgehead atoms. The number of imidazole rings is 1. The van der Waals surface area contributed by atoms with E-state index in [1.807, 2.05) is 121 Å². The first-order valence-corrected chi connectivity index (χ1v) is 16.1. The molecule has 0 aliphatic carbocycles. The Morgan fingerprint density at radius 1 is 0.617 bits per heavy atom. The second-order valence-corrected chi connectivity index (χ2v) is 11.5. The Morgan fingerprint density at radius 2 is 1.09 bits per heavy atom. The van der Waals surface area contributed by atoms with E-state index in [0.717, 1.165) is 22.3 Å². The number of thiocarbonyl (C=S) groups is 1. The van der Waals surface area contributed by atoms with Crippen LogP contribution in [0.2, 0.25) is 0 Å². The molecular weight excluding hydrogens is 612 g/mol. The van der Waals surface area contributed by atoms with Crippen molar-refractivity contribution in [3.63, 3.8) is 0 Å². The summed E-state index contributed by atoms with van der Waals surface area (Å²) < 4.78 is 40.9. The van der Waals surface area contributed by atoms with Crippen LogP contribution < -0.4 is 0 Å². The molecule has 1 aliphatic rings. The highest BCUT2D eigenvalue weighted by atomic mass is 32.1. The minimum atomic E-state index is -0.934. The highest BCUT2D eigenvalue weighted by molar-refractivity contribution is 7.80. The van der Waals surface area contributed by atoms with E-state index in [-0.39, 0.29) is 11.8 Å². The molecule has 6 rings (SSSR count). The third-order valence-electron chi connectivity index (χ3n) is 7.77. The normalized spacial score (nSPS) is 20.9. The molecule has 242 valence electrons. The third kappa shape index (κ3) is 9.42. The van der Waals surface area contributed by atoms with Crippen molar-refractivity contribution in [3.8, 4) is 0 Å². The van der Waals surface area contributed by atoms with Crippen molar-refractivity contribution in [2.24, 2.45) is 0 Å². The van der Waals surface area contributed by atoms with Crippen LogP contribution in [0.5, 0.6) is 0 Å². The summed E-state index contributed by atoms with van der Waals surface area (Å²) in [6.45, 7) is 1.62. The summed E-state index contributed by atoms with van der Waals surface area (Å²) in [6.07, 6.45) is 1.54. The quantitative estimate of drug-likeness (QED) is 0.123. The number of nitrogens with zero attached hydrogens (tertiary/aromatic N) is 2. The van der Waals surface area contributed by atoms with E-state index >= 15 is 0 Å². The SMILES string of the molecule is S=C(OC1O[C@H](COCc2ccccc2)[C@H](OCc2ccccc2)[C@H](OCc2ccccc2)[C@H]1OCc1ccccc1)n1ccnc1. The maximum atomic E-state index is 6.74. The molecule has 5 atom stereocenters. The Labute approximate surface area is 280 Å². The molecule has 0 N–H and O–H groups in total. The van der Waals surface area contributed by atoms with Crippen LogP contribution in [0.1, 0.15) is 22.3 Å². The second kappa shape index (κ2) is 17.1. The number of rotatable bonds is 14. The van der Waals surface area contributed by atoms with Crippen LogP contribution in [0.25, 0.3) is 0 Å². The van der Waals surface area contributed by atoms with Crippen LogP contribution in [-0.4, -0.2) is 52.0 Å². The van der Waals surface area contributed by atoms with Gasteiger partial charge in [0.15, 0.2) is 0 Å². The topological polar surface area (TPSA) is 73.2 Å². The average Bonchev–Trinajstić information content (AvgIpc) is 3.67. The molecule has 0 saturated carbocycles. The van der Waals surface area contributed by atoms with Gasteiger partial charge in [0.05, 0.1) is 33.0 Å². The van der Waals surface area contributed by atoms with Gasteiger partial charge in [0.2, 0.25) is 6.29 Å². The van der Waals surface area contributed by atoms with Gasteiger partial charge in [0.25, 0.3) is 5.17 Å². The Hall–Kier alpha value is -4.22. The van der Waals surface area contributed by atoms with Gasteiger partial charge < -0.3 is 28.4 Å². The van der Waals surface area contributed by atoms with Gasteiger partial charge in [-0.25, -0.2) is 4.98 Å². The molecule has 8 nitrogen and oxygen atoms in total. The standard InChI is InChI=1S/C38H38N2O6S/c47-38(40-22-21-39-28-40)46-37-36(44-26-32-19-11-4-12-20-32)35(43-25-31-17-9-3-10-18-31)34(42-24-30-15-7-2-8-16-30)33(45-37)27-41-23-29-13-5-1-6-14-29/h1-22,28,33-37H,23-27H2/t33-,34+,35+,36-,37?/m1/s1. The molecule has 0 radical (unpaired) electrons. The molecule has 2 heterocycles. The van der Waals surface area contributed by atoms with Gasteiger partial charge in [-0.1, -0.05) is 121 Å². The fraction of sp³-hybridized carbons (Fsp3) is 0.263. The zero-order valence-corrected chi connectivity index (χ0v) is 26.8. The molecule has 0 spiro atoms. The van der Waals surface area contributed by atoms with Gasteiger partial charge >= 0.3 is 0 Å². The number of aromatic nitrogens is 2. The number of hydrogen-bond acceptors (Lipinski definition) is 8. The lowest BCUT2D eigenvalue weighted by Gasteiger charge is -2.45. The van der Waals surface area contributed by atoms with Crippen molar-refractivity contribution in [1.29, 1.82) is 0 Å². The zero-order valence-electron chi connectivity index (χ0n) is 26.0. The third-order valence-corrected chi connectivity index (χ3v) is 8.08. The fourth-order valence-corrected chi connectivity index (χ4v) is 5.57. The lowest BCUT2D eigenvalue weighted by atomic mass is 9.97. The molecule has 1 saturated heterocycles. The maximum Gasteiger partial charge on any atom is 0.271 e. The van der Waals surface area contributed by atoms with Gasteiger partial charge in [-0.2, -0.15) is 0 Å². The number of benzene rings is 4. The van der Waals surface area contributed by atoms with E-state index in [4.69, 9.17) is 40.6 Å². The van der Waals surface area contributed by atoms with Crippen LogP contribution in [0.15, 0.2) is 140 Å².